The molecule has 0 saturated carbocycles. The normalized spacial score (nSPS) is 10.9. The van der Waals surface area contributed by atoms with Gasteiger partial charge in [0.2, 0.25) is 5.91 Å². The molecule has 1 heterocycles. The van der Waals surface area contributed by atoms with Crippen molar-refractivity contribution in [1.82, 2.24) is 15.3 Å². The average molecular weight is 434 g/mol. The van der Waals surface area contributed by atoms with Crippen LogP contribution in [0.25, 0.3) is 6.08 Å². The van der Waals surface area contributed by atoms with Gasteiger partial charge in [-0.25, -0.2) is 0 Å². The van der Waals surface area contributed by atoms with Crippen molar-refractivity contribution in [1.29, 1.82) is 0 Å². The monoisotopic (exact) mass is 433 g/mol. The van der Waals surface area contributed by atoms with Crippen LogP contribution >= 0.6 is 0 Å². The molecule has 1 aromatic heterocycles. The Morgan fingerprint density at radius 3 is 2.62 bits per heavy atom. The Kier molecular flexibility index (Phi) is 7.44. The van der Waals surface area contributed by atoms with Gasteiger partial charge < -0.3 is 19.9 Å². The maximum atomic E-state index is 12.2. The minimum Gasteiger partial charge on any atom is -0.504 e. The number of phenols is 1. The summed E-state index contributed by atoms with van der Waals surface area (Å²) in [5.74, 6) is 0.878. The highest BCUT2D eigenvalue weighted by molar-refractivity contribution is 5.91. The highest BCUT2D eigenvalue weighted by Crippen LogP contribution is 2.26. The smallest absolute Gasteiger partial charge is 0.244 e. The first kappa shape index (κ1) is 22.8. The highest BCUT2D eigenvalue weighted by atomic mass is 16.5. The molecule has 0 bridgehead atoms. The lowest BCUT2D eigenvalue weighted by Gasteiger charge is -2.10. The van der Waals surface area contributed by atoms with Gasteiger partial charge in [-0.1, -0.05) is 18.2 Å². The summed E-state index contributed by atoms with van der Waals surface area (Å²) in [5.41, 5.74) is 5.13. The first-order chi connectivity index (χ1) is 15.4. The second-order valence-electron chi connectivity index (χ2n) is 7.35. The summed E-state index contributed by atoms with van der Waals surface area (Å²) in [4.78, 5) is 21.2. The Labute approximate surface area is 187 Å². The van der Waals surface area contributed by atoms with Crippen LogP contribution in [-0.4, -0.2) is 28.1 Å². The van der Waals surface area contributed by atoms with E-state index in [1.807, 2.05) is 45.0 Å². The van der Waals surface area contributed by atoms with Crippen LogP contribution in [0.4, 0.5) is 0 Å². The number of phenolic OH excluding ortho intramolecular Hbond substituents is 1. The van der Waals surface area contributed by atoms with Crippen molar-refractivity contribution < 1.29 is 19.4 Å². The molecule has 1 amide bonds. The fourth-order valence-corrected chi connectivity index (χ4v) is 3.01. The number of aromatic hydroxyl groups is 1. The molecule has 0 aliphatic heterocycles. The molecular formula is C25H27N3O4. The van der Waals surface area contributed by atoms with E-state index in [9.17, 15) is 9.90 Å². The number of ether oxygens (including phenoxy) is 2. The lowest BCUT2D eigenvalue weighted by atomic mass is 10.2. The van der Waals surface area contributed by atoms with Gasteiger partial charge in [0, 0.05) is 12.6 Å². The third-order valence-corrected chi connectivity index (χ3v) is 4.95. The predicted molar refractivity (Wildman–Crippen MR) is 123 cm³/mol. The minimum absolute atomic E-state index is 0.0595. The summed E-state index contributed by atoms with van der Waals surface area (Å²) in [6, 6.07) is 12.4. The van der Waals surface area contributed by atoms with Crippen LogP contribution in [0.15, 0.2) is 48.5 Å². The summed E-state index contributed by atoms with van der Waals surface area (Å²) in [5, 5.41) is 12.5. The van der Waals surface area contributed by atoms with Crippen molar-refractivity contribution in [3.63, 3.8) is 0 Å². The number of aryl methyl sites for hydroxylation is 3. The van der Waals surface area contributed by atoms with Crippen LogP contribution in [0.2, 0.25) is 0 Å². The lowest BCUT2D eigenvalue weighted by Crippen LogP contribution is -2.20. The zero-order valence-corrected chi connectivity index (χ0v) is 18.7. The molecule has 32 heavy (non-hydrogen) atoms. The molecule has 7 nitrogen and oxygen atoms in total. The molecule has 166 valence electrons. The number of hydrogen-bond donors (Lipinski definition) is 2. The van der Waals surface area contributed by atoms with E-state index in [4.69, 9.17) is 9.47 Å². The van der Waals surface area contributed by atoms with Gasteiger partial charge >= 0.3 is 0 Å². The SMILES string of the molecule is COc1cc(CNC(=O)/C=C/c2cccc(OCc3nc(C)c(C)nc3C)c2)ccc1O. The van der Waals surface area contributed by atoms with E-state index in [1.54, 1.807) is 18.2 Å². The minimum atomic E-state index is -0.232. The summed E-state index contributed by atoms with van der Waals surface area (Å²) in [6.45, 7) is 6.43. The van der Waals surface area contributed by atoms with Gasteiger partial charge in [-0.2, -0.15) is 0 Å². The van der Waals surface area contributed by atoms with Crippen LogP contribution in [0, 0.1) is 20.8 Å². The van der Waals surface area contributed by atoms with E-state index in [1.165, 1.54) is 19.3 Å². The van der Waals surface area contributed by atoms with E-state index in [2.05, 4.69) is 15.3 Å². The Morgan fingerprint density at radius 2 is 1.84 bits per heavy atom. The van der Waals surface area contributed by atoms with Crippen molar-refractivity contribution in [3.05, 3.63) is 82.4 Å². The molecule has 0 aliphatic rings. The van der Waals surface area contributed by atoms with Gasteiger partial charge in [-0.15, -0.1) is 0 Å². The van der Waals surface area contributed by atoms with Crippen LogP contribution in [0.1, 0.15) is 33.9 Å². The fraction of sp³-hybridized carbons (Fsp3) is 0.240. The maximum absolute atomic E-state index is 12.2. The molecule has 0 aliphatic carbocycles. The fourth-order valence-electron chi connectivity index (χ4n) is 3.01. The summed E-state index contributed by atoms with van der Waals surface area (Å²) in [6.07, 6.45) is 3.19. The number of nitrogens with one attached hydrogen (secondary N) is 1. The molecule has 0 spiro atoms. The van der Waals surface area contributed by atoms with Crippen molar-refractivity contribution >= 4 is 12.0 Å². The first-order valence-electron chi connectivity index (χ1n) is 10.2. The standard InChI is InChI=1S/C25H27N3O4/c1-16-17(2)28-22(18(3)27-16)15-32-21-7-5-6-19(12-21)9-11-25(30)26-14-20-8-10-23(29)24(13-20)31-4/h5-13,29H,14-15H2,1-4H3,(H,26,30)/b11-9+. The Balaban J connectivity index is 1.57. The van der Waals surface area contributed by atoms with Crippen molar-refractivity contribution in [2.24, 2.45) is 0 Å². The molecule has 7 heteroatoms. The zero-order chi connectivity index (χ0) is 23.1. The molecule has 3 aromatic rings. The Morgan fingerprint density at radius 1 is 1.06 bits per heavy atom. The molecule has 2 aromatic carbocycles. The number of hydrogen-bond acceptors (Lipinski definition) is 6. The molecule has 0 radical (unpaired) electrons. The quantitative estimate of drug-likeness (QED) is 0.521. The predicted octanol–water partition coefficient (Wildman–Crippen LogP) is 4.02. The van der Waals surface area contributed by atoms with Gasteiger partial charge in [0.05, 0.1) is 29.9 Å². The molecule has 0 fully saturated rings. The van der Waals surface area contributed by atoms with Gasteiger partial charge in [-0.3, -0.25) is 14.8 Å². The van der Waals surface area contributed by atoms with E-state index in [-0.39, 0.29) is 11.7 Å². The van der Waals surface area contributed by atoms with Gasteiger partial charge in [0.1, 0.15) is 12.4 Å². The number of benzene rings is 2. The maximum Gasteiger partial charge on any atom is 0.244 e. The largest absolute Gasteiger partial charge is 0.504 e. The molecular weight excluding hydrogens is 406 g/mol. The molecule has 0 unspecified atom stereocenters. The van der Waals surface area contributed by atoms with E-state index < -0.39 is 0 Å². The second-order valence-corrected chi connectivity index (χ2v) is 7.35. The molecule has 0 saturated heterocycles. The van der Waals surface area contributed by atoms with Crippen molar-refractivity contribution in [2.75, 3.05) is 7.11 Å². The molecule has 3 rings (SSSR count). The highest BCUT2D eigenvalue weighted by Gasteiger charge is 2.07. The van der Waals surface area contributed by atoms with E-state index >= 15 is 0 Å². The Bertz CT molecular complexity index is 1140. The third-order valence-electron chi connectivity index (χ3n) is 4.95. The lowest BCUT2D eigenvalue weighted by molar-refractivity contribution is -0.116. The Hall–Kier alpha value is -3.87. The summed E-state index contributed by atoms with van der Waals surface area (Å²) in [7, 11) is 1.48. The average Bonchev–Trinajstić information content (AvgIpc) is 2.79. The number of rotatable bonds is 8. The van der Waals surface area contributed by atoms with Crippen molar-refractivity contribution in [2.45, 2.75) is 33.9 Å². The third kappa shape index (κ3) is 6.07. The van der Waals surface area contributed by atoms with Crippen LogP contribution in [0.3, 0.4) is 0 Å². The van der Waals surface area contributed by atoms with Crippen LogP contribution in [-0.2, 0) is 17.9 Å². The zero-order valence-electron chi connectivity index (χ0n) is 18.7. The summed E-state index contributed by atoms with van der Waals surface area (Å²) >= 11 is 0. The van der Waals surface area contributed by atoms with E-state index in [0.717, 1.165) is 33.9 Å². The molecule has 2 N–H and O–H groups in total. The number of nitrogens with zero attached hydrogens (tertiary/aromatic N) is 2. The van der Waals surface area contributed by atoms with Crippen molar-refractivity contribution in [3.8, 4) is 17.2 Å². The number of aromatic nitrogens is 2. The van der Waals surface area contributed by atoms with Gasteiger partial charge in [0.15, 0.2) is 11.5 Å². The van der Waals surface area contributed by atoms with Crippen LogP contribution in [0.5, 0.6) is 17.2 Å². The second kappa shape index (κ2) is 10.4. The van der Waals surface area contributed by atoms with Gasteiger partial charge in [-0.05, 0) is 62.2 Å². The number of methoxy groups -OCH3 is 1. The van der Waals surface area contributed by atoms with Gasteiger partial charge in [0.25, 0.3) is 0 Å². The first-order valence-corrected chi connectivity index (χ1v) is 10.2. The number of amides is 1. The van der Waals surface area contributed by atoms with E-state index in [0.29, 0.717) is 24.7 Å². The summed E-state index contributed by atoms with van der Waals surface area (Å²) < 4.78 is 11.0. The number of carbonyl (C=O) groups is 1. The topological polar surface area (TPSA) is 93.6 Å². The number of carbonyl (C=O) groups excluding carboxylic acids is 1. The van der Waals surface area contributed by atoms with Crippen LogP contribution < -0.4 is 14.8 Å². The molecule has 0 atom stereocenters.